The molecule has 8 atom stereocenters. The summed E-state index contributed by atoms with van der Waals surface area (Å²) in [5.41, 5.74) is -2.20. The van der Waals surface area contributed by atoms with Crippen LogP contribution in [0.5, 0.6) is 23.0 Å². The zero-order valence-corrected chi connectivity index (χ0v) is 22.1. The Hall–Kier alpha value is -3.51. The molecule has 2 saturated heterocycles. The van der Waals surface area contributed by atoms with Crippen molar-refractivity contribution in [1.82, 2.24) is 0 Å². The topological polar surface area (TPSA) is 238 Å². The van der Waals surface area contributed by atoms with E-state index in [1.807, 2.05) is 0 Å². The van der Waals surface area contributed by atoms with E-state index in [0.717, 1.165) is 6.07 Å². The summed E-state index contributed by atoms with van der Waals surface area (Å²) in [6.07, 6.45) is -11.2. The van der Waals surface area contributed by atoms with Gasteiger partial charge in [0.1, 0.15) is 53.2 Å². The lowest BCUT2D eigenvalue weighted by Crippen LogP contribution is -2.60. The van der Waals surface area contributed by atoms with Gasteiger partial charge in [-0.2, -0.15) is 0 Å². The molecule has 5 rings (SSSR count). The Morgan fingerprint density at radius 1 is 0.976 bits per heavy atom. The summed E-state index contributed by atoms with van der Waals surface area (Å²) >= 11 is 0. The minimum Gasteiger partial charge on any atom is -0.504 e. The van der Waals surface area contributed by atoms with Crippen molar-refractivity contribution in [3.05, 3.63) is 46.8 Å². The lowest BCUT2D eigenvalue weighted by molar-refractivity contribution is -0.289. The summed E-state index contributed by atoms with van der Waals surface area (Å²) in [5.74, 6) is -0.712. The van der Waals surface area contributed by atoms with Gasteiger partial charge in [-0.15, -0.1) is 0 Å². The number of hydrogen-bond acceptors (Lipinski definition) is 15. The number of rotatable bonds is 8. The van der Waals surface area contributed by atoms with Gasteiger partial charge in [0.25, 0.3) is 0 Å². The molecule has 0 spiro atoms. The van der Waals surface area contributed by atoms with Gasteiger partial charge in [0, 0.05) is 23.8 Å². The molecule has 2 aliphatic rings. The van der Waals surface area contributed by atoms with Crippen LogP contribution in [0.4, 0.5) is 0 Å². The van der Waals surface area contributed by atoms with Gasteiger partial charge in [0.05, 0.1) is 32.3 Å². The van der Waals surface area contributed by atoms with Crippen molar-refractivity contribution in [1.29, 1.82) is 0 Å². The van der Waals surface area contributed by atoms with Crippen LogP contribution in [0.2, 0.25) is 0 Å². The second-order valence-corrected chi connectivity index (χ2v) is 10.0. The van der Waals surface area contributed by atoms with Gasteiger partial charge in [0.2, 0.25) is 6.29 Å². The normalized spacial score (nSPS) is 31.4. The Bertz CT molecular complexity index is 1490. The van der Waals surface area contributed by atoms with Crippen LogP contribution in [0.25, 0.3) is 22.1 Å². The van der Waals surface area contributed by atoms with E-state index in [1.165, 1.54) is 37.4 Å². The standard InChI is InChI=1S/C27H30O15/c1-37-12-5-16-20(13(7-19(31)40-16)11-2-3-14(29)15(30)4-11)17(6-12)41-25-23(34)22(33)21(32)18(42-25)8-38-26-24(35)27(36,9-28)10-39-26/h2-7,18,21-26,28-30,32-36H,8-10H2,1H3/t18-,21-,22+,23-,24-,25-,26+,27-/m0/s1. The highest BCUT2D eigenvalue weighted by atomic mass is 16.7. The van der Waals surface area contributed by atoms with Crippen LogP contribution < -0.4 is 15.1 Å². The predicted octanol–water partition coefficient (Wildman–Crippen LogP) is -1.48. The molecule has 228 valence electrons. The predicted molar refractivity (Wildman–Crippen MR) is 139 cm³/mol. The average molecular weight is 595 g/mol. The van der Waals surface area contributed by atoms with Gasteiger partial charge < -0.3 is 69.0 Å². The molecule has 0 aliphatic carbocycles. The van der Waals surface area contributed by atoms with Gasteiger partial charge in [0.15, 0.2) is 17.8 Å². The monoisotopic (exact) mass is 594 g/mol. The summed E-state index contributed by atoms with van der Waals surface area (Å²) in [5, 5.41) is 81.5. The van der Waals surface area contributed by atoms with Crippen molar-refractivity contribution in [3.63, 3.8) is 0 Å². The van der Waals surface area contributed by atoms with E-state index in [-0.39, 0.29) is 33.8 Å². The maximum absolute atomic E-state index is 12.4. The summed E-state index contributed by atoms with van der Waals surface area (Å²) in [4.78, 5) is 12.4. The number of phenolic OH excluding ortho intramolecular Hbond substituents is 2. The maximum Gasteiger partial charge on any atom is 0.336 e. The molecular formula is C27H30O15. The molecule has 1 aromatic heterocycles. The fourth-order valence-corrected chi connectivity index (χ4v) is 4.77. The summed E-state index contributed by atoms with van der Waals surface area (Å²) < 4.78 is 32.9. The molecule has 0 radical (unpaired) electrons. The number of aliphatic hydroxyl groups excluding tert-OH is 5. The lowest BCUT2D eigenvalue weighted by atomic mass is 9.98. The van der Waals surface area contributed by atoms with Crippen LogP contribution in [-0.2, 0) is 14.2 Å². The third-order valence-corrected chi connectivity index (χ3v) is 7.22. The van der Waals surface area contributed by atoms with E-state index in [1.54, 1.807) is 0 Å². The van der Waals surface area contributed by atoms with E-state index in [0.29, 0.717) is 5.56 Å². The van der Waals surface area contributed by atoms with E-state index in [2.05, 4.69) is 0 Å². The number of fused-ring (bicyclic) bond motifs is 1. The number of aromatic hydroxyl groups is 2. The number of benzene rings is 2. The Morgan fingerprint density at radius 2 is 1.74 bits per heavy atom. The summed E-state index contributed by atoms with van der Waals surface area (Å²) in [6, 6.07) is 7.80. The van der Waals surface area contributed by atoms with Crippen LogP contribution >= 0.6 is 0 Å². The molecule has 0 amide bonds. The van der Waals surface area contributed by atoms with Crippen molar-refractivity contribution >= 4 is 11.0 Å². The fourth-order valence-electron chi connectivity index (χ4n) is 4.77. The minimum atomic E-state index is -1.95. The van der Waals surface area contributed by atoms with Crippen LogP contribution in [0.15, 0.2) is 45.6 Å². The number of phenols is 2. The Labute approximate surface area is 236 Å². The third-order valence-electron chi connectivity index (χ3n) is 7.22. The van der Waals surface area contributed by atoms with Crippen LogP contribution in [-0.4, -0.2) is 116 Å². The quantitative estimate of drug-likeness (QED) is 0.110. The molecule has 15 heteroatoms. The highest BCUT2D eigenvalue weighted by Crippen LogP contribution is 2.41. The average Bonchev–Trinajstić information content (AvgIpc) is 3.26. The van der Waals surface area contributed by atoms with Gasteiger partial charge in [-0.25, -0.2) is 4.79 Å². The van der Waals surface area contributed by atoms with E-state index in [4.69, 9.17) is 28.1 Å². The molecule has 0 bridgehead atoms. The molecule has 2 aliphatic heterocycles. The Kier molecular flexibility index (Phi) is 8.30. The Morgan fingerprint density at radius 3 is 2.40 bits per heavy atom. The van der Waals surface area contributed by atoms with Gasteiger partial charge in [-0.1, -0.05) is 6.07 Å². The molecule has 0 saturated carbocycles. The first-order chi connectivity index (χ1) is 19.9. The molecular weight excluding hydrogens is 564 g/mol. The first-order valence-electron chi connectivity index (χ1n) is 12.7. The van der Waals surface area contributed by atoms with Crippen LogP contribution in [0.1, 0.15) is 0 Å². The zero-order valence-electron chi connectivity index (χ0n) is 22.1. The van der Waals surface area contributed by atoms with Gasteiger partial charge >= 0.3 is 5.63 Å². The van der Waals surface area contributed by atoms with Crippen molar-refractivity contribution in [3.8, 4) is 34.1 Å². The molecule has 2 aromatic carbocycles. The molecule has 3 aromatic rings. The molecule has 3 heterocycles. The van der Waals surface area contributed by atoms with Crippen LogP contribution in [0, 0.1) is 0 Å². The summed E-state index contributed by atoms with van der Waals surface area (Å²) in [6.45, 7) is -1.71. The maximum atomic E-state index is 12.4. The second-order valence-electron chi connectivity index (χ2n) is 10.0. The number of hydrogen-bond donors (Lipinski definition) is 8. The van der Waals surface area contributed by atoms with E-state index < -0.39 is 79.9 Å². The molecule has 2 fully saturated rings. The molecule has 15 nitrogen and oxygen atoms in total. The van der Waals surface area contributed by atoms with E-state index >= 15 is 0 Å². The smallest absolute Gasteiger partial charge is 0.336 e. The SMILES string of the molecule is COc1cc(O[C@H]2O[C@@H](CO[C@@H]3OC[C@@](O)(CO)[C@H]3O)[C@H](O)[C@@H](O)[C@@H]2O)c2c(-c3ccc(O)c(O)c3)cc(=O)oc2c1. The van der Waals surface area contributed by atoms with Gasteiger partial charge in [-0.3, -0.25) is 0 Å². The highest BCUT2D eigenvalue weighted by Gasteiger charge is 2.50. The first kappa shape index (κ1) is 30.0. The van der Waals surface area contributed by atoms with Crippen molar-refractivity contribution in [2.45, 2.75) is 48.7 Å². The number of methoxy groups -OCH3 is 1. The minimum absolute atomic E-state index is 0.00563. The number of ether oxygens (including phenoxy) is 5. The first-order valence-corrected chi connectivity index (χ1v) is 12.7. The third kappa shape index (κ3) is 5.49. The van der Waals surface area contributed by atoms with Crippen molar-refractivity contribution in [2.24, 2.45) is 0 Å². The molecule has 8 N–H and O–H groups in total. The zero-order chi connectivity index (χ0) is 30.3. The van der Waals surface area contributed by atoms with Crippen molar-refractivity contribution in [2.75, 3.05) is 26.9 Å². The largest absolute Gasteiger partial charge is 0.504 e. The van der Waals surface area contributed by atoms with Gasteiger partial charge in [-0.05, 0) is 17.7 Å². The lowest BCUT2D eigenvalue weighted by Gasteiger charge is -2.40. The van der Waals surface area contributed by atoms with E-state index in [9.17, 15) is 45.6 Å². The Balaban J connectivity index is 1.47. The molecule has 0 unspecified atom stereocenters. The van der Waals surface area contributed by atoms with Crippen molar-refractivity contribution < 1.29 is 69.0 Å². The molecule has 42 heavy (non-hydrogen) atoms. The number of aliphatic hydroxyl groups is 6. The van der Waals surface area contributed by atoms with Crippen LogP contribution in [0.3, 0.4) is 0 Å². The highest BCUT2D eigenvalue weighted by molar-refractivity contribution is 5.98. The fraction of sp³-hybridized carbons (Fsp3) is 0.444. The second kappa shape index (κ2) is 11.6. The summed E-state index contributed by atoms with van der Waals surface area (Å²) in [7, 11) is 1.35.